The molecule has 1 amide bonds. The van der Waals surface area contributed by atoms with Gasteiger partial charge >= 0.3 is 0 Å². The van der Waals surface area contributed by atoms with Crippen molar-refractivity contribution < 1.29 is 19.4 Å². The Morgan fingerprint density at radius 3 is 2.29 bits per heavy atom. The molecule has 0 saturated carbocycles. The van der Waals surface area contributed by atoms with Crippen LogP contribution in [0.2, 0.25) is 0 Å². The van der Waals surface area contributed by atoms with Gasteiger partial charge in [-0.2, -0.15) is 0 Å². The minimum atomic E-state index is -0.572. The topological polar surface area (TPSA) is 96.8 Å². The van der Waals surface area contributed by atoms with E-state index < -0.39 is 6.29 Å². The van der Waals surface area contributed by atoms with E-state index in [9.17, 15) is 9.90 Å². The van der Waals surface area contributed by atoms with Crippen molar-refractivity contribution in [3.63, 3.8) is 0 Å². The Morgan fingerprint density at radius 2 is 1.50 bits per heavy atom. The van der Waals surface area contributed by atoms with Crippen molar-refractivity contribution in [3.05, 3.63) is 179 Å². The molecule has 8 rings (SSSR count). The Hall–Kier alpha value is -5.77. The Balaban J connectivity index is 0.982. The number of nitrogens with one attached hydrogen (secondary N) is 1. The molecule has 56 heavy (non-hydrogen) atoms. The van der Waals surface area contributed by atoms with Gasteiger partial charge in [-0.1, -0.05) is 122 Å². The number of aliphatic hydroxyl groups is 1. The van der Waals surface area contributed by atoms with E-state index in [0.29, 0.717) is 12.1 Å². The maximum Gasteiger partial charge on any atom is 0.271 e. The van der Waals surface area contributed by atoms with Gasteiger partial charge in [0.15, 0.2) is 6.29 Å². The molecule has 282 valence electrons. The molecule has 0 spiro atoms. The molecule has 1 saturated heterocycles. The second-order valence-corrected chi connectivity index (χ2v) is 14.8. The Kier molecular flexibility index (Phi) is 11.0. The van der Waals surface area contributed by atoms with E-state index in [2.05, 4.69) is 132 Å². The summed E-state index contributed by atoms with van der Waals surface area (Å²) in [6.07, 6.45) is 0.620. The van der Waals surface area contributed by atoms with Crippen LogP contribution < -0.4 is 5.32 Å². The fourth-order valence-electron chi connectivity index (χ4n) is 7.53. The molecule has 6 aromatic carbocycles. The van der Waals surface area contributed by atoms with Crippen molar-refractivity contribution in [1.82, 2.24) is 20.2 Å². The van der Waals surface area contributed by atoms with Crippen molar-refractivity contribution in [2.75, 3.05) is 13.6 Å². The first-order chi connectivity index (χ1) is 27.3. The van der Waals surface area contributed by atoms with E-state index >= 15 is 0 Å². The number of fused-ring (bicyclic) bond motifs is 2. The molecule has 1 fully saturated rings. The second kappa shape index (κ2) is 16.5. The van der Waals surface area contributed by atoms with Crippen LogP contribution in [0.4, 0.5) is 0 Å². The van der Waals surface area contributed by atoms with Crippen LogP contribution in [0.15, 0.2) is 146 Å². The van der Waals surface area contributed by atoms with Gasteiger partial charge in [-0.05, 0) is 82.4 Å². The largest absolute Gasteiger partial charge is 0.392 e. The minimum absolute atomic E-state index is 0.00240. The zero-order valence-electron chi connectivity index (χ0n) is 31.9. The molecule has 8 nitrogen and oxygen atoms in total. The number of ether oxygens (including phenoxy) is 2. The Labute approximate surface area is 327 Å². The molecule has 1 aromatic heterocycles. The van der Waals surface area contributed by atoms with Crippen molar-refractivity contribution >= 4 is 27.7 Å². The van der Waals surface area contributed by atoms with Gasteiger partial charge < -0.3 is 19.9 Å². The highest BCUT2D eigenvalue weighted by atomic mass is 16.7. The molecule has 5 unspecified atom stereocenters. The molecule has 0 bridgehead atoms. The molecular formula is C48H46N4O4. The van der Waals surface area contributed by atoms with Crippen LogP contribution in [-0.2, 0) is 22.6 Å². The number of hydrogen-bond donors (Lipinski definition) is 2. The highest BCUT2D eigenvalue weighted by molar-refractivity contribution is 5.93. The summed E-state index contributed by atoms with van der Waals surface area (Å²) in [6.45, 7) is 5.52. The smallest absolute Gasteiger partial charge is 0.271 e. The predicted octanol–water partition coefficient (Wildman–Crippen LogP) is 9.36. The summed E-state index contributed by atoms with van der Waals surface area (Å²) in [5, 5.41) is 15.2. The van der Waals surface area contributed by atoms with E-state index in [4.69, 9.17) is 9.47 Å². The van der Waals surface area contributed by atoms with Crippen LogP contribution in [0.3, 0.4) is 0 Å². The summed E-state index contributed by atoms with van der Waals surface area (Å²) in [7, 11) is 2.16. The van der Waals surface area contributed by atoms with Gasteiger partial charge in [-0.15, -0.1) is 0 Å². The van der Waals surface area contributed by atoms with E-state index in [-0.39, 0.29) is 42.4 Å². The summed E-state index contributed by atoms with van der Waals surface area (Å²) in [6, 6.07) is 47.4. The lowest BCUT2D eigenvalue weighted by Gasteiger charge is -2.43. The summed E-state index contributed by atoms with van der Waals surface area (Å²) < 4.78 is 13.6. The third-order valence-electron chi connectivity index (χ3n) is 11.1. The predicted molar refractivity (Wildman–Crippen MR) is 221 cm³/mol. The summed E-state index contributed by atoms with van der Waals surface area (Å²) in [5.41, 5.74) is 8.91. The van der Waals surface area contributed by atoms with Gasteiger partial charge in [0.25, 0.3) is 5.91 Å². The number of para-hydroxylation sites is 2. The van der Waals surface area contributed by atoms with E-state index in [0.717, 1.165) is 45.4 Å². The lowest BCUT2D eigenvalue weighted by molar-refractivity contribution is -0.276. The summed E-state index contributed by atoms with van der Waals surface area (Å²) in [4.78, 5) is 24.2. The molecule has 5 atom stereocenters. The fourth-order valence-corrected chi connectivity index (χ4v) is 7.53. The van der Waals surface area contributed by atoms with Gasteiger partial charge in [0.05, 0.1) is 36.0 Å². The SMILES string of the molecule is CC1C(CN(C)C(C)c2ccc3ccccc3c2)OC(c2ccc(-c3cccc(CNC(=O)c4cnc5ccccc5n4)c3)cc2)OC1c1ccc(CO)cc1. The average Bonchev–Trinajstić information content (AvgIpc) is 3.25. The Morgan fingerprint density at radius 1 is 0.768 bits per heavy atom. The number of nitrogens with zero attached hydrogens (tertiary/aromatic N) is 3. The molecule has 7 aromatic rings. The number of hydrogen-bond acceptors (Lipinski definition) is 7. The van der Waals surface area contributed by atoms with Gasteiger partial charge in [0.2, 0.25) is 0 Å². The molecule has 2 N–H and O–H groups in total. The molecule has 0 radical (unpaired) electrons. The lowest BCUT2D eigenvalue weighted by atomic mass is 9.89. The number of aliphatic hydroxyl groups excluding tert-OH is 1. The second-order valence-electron chi connectivity index (χ2n) is 14.8. The molecule has 0 aliphatic carbocycles. The molecule has 1 aliphatic rings. The van der Waals surface area contributed by atoms with Crippen LogP contribution in [0.25, 0.3) is 32.9 Å². The molecule has 8 heteroatoms. The maximum absolute atomic E-state index is 12.9. The first-order valence-corrected chi connectivity index (χ1v) is 19.2. The highest BCUT2D eigenvalue weighted by Gasteiger charge is 2.39. The van der Waals surface area contributed by atoms with Gasteiger partial charge in [0.1, 0.15) is 5.69 Å². The summed E-state index contributed by atoms with van der Waals surface area (Å²) in [5.74, 6) is -0.205. The van der Waals surface area contributed by atoms with E-state index in [1.54, 1.807) is 0 Å². The molecule has 2 heterocycles. The first-order valence-electron chi connectivity index (χ1n) is 19.2. The van der Waals surface area contributed by atoms with E-state index in [1.165, 1.54) is 22.5 Å². The number of rotatable bonds is 11. The van der Waals surface area contributed by atoms with Crippen molar-refractivity contribution in [2.24, 2.45) is 5.92 Å². The molecular weight excluding hydrogens is 697 g/mol. The van der Waals surface area contributed by atoms with Crippen LogP contribution in [-0.4, -0.2) is 45.6 Å². The zero-order valence-corrected chi connectivity index (χ0v) is 31.9. The van der Waals surface area contributed by atoms with Crippen LogP contribution in [0.5, 0.6) is 0 Å². The number of amides is 1. The summed E-state index contributed by atoms with van der Waals surface area (Å²) >= 11 is 0. The van der Waals surface area contributed by atoms with Crippen LogP contribution in [0.1, 0.15) is 70.6 Å². The lowest BCUT2D eigenvalue weighted by Crippen LogP contribution is -2.44. The number of likely N-dealkylation sites (N-methyl/N-ethyl adjacent to an activating group) is 1. The van der Waals surface area contributed by atoms with Crippen molar-refractivity contribution in [1.29, 1.82) is 0 Å². The third-order valence-corrected chi connectivity index (χ3v) is 11.1. The highest BCUT2D eigenvalue weighted by Crippen LogP contribution is 2.42. The fraction of sp³-hybridized carbons (Fsp3) is 0.229. The van der Waals surface area contributed by atoms with Crippen molar-refractivity contribution in [3.8, 4) is 11.1 Å². The number of carbonyl (C=O) groups is 1. The standard InChI is InChI=1S/C48H46N4O4/c1-31-45(29-52(3)32(2)39-24-21-35-10-4-5-11-41(35)26-39)55-48(56-46(31)37-17-15-33(30-53)16-18-37)38-22-19-36(20-23-38)40-12-8-9-34(25-40)27-50-47(54)44-28-49-42-13-6-7-14-43(42)51-44/h4-26,28,31-32,45-46,48,53H,27,29-30H2,1-3H3,(H,50,54). The number of benzene rings is 6. The van der Waals surface area contributed by atoms with Crippen molar-refractivity contribution in [2.45, 2.75) is 51.5 Å². The number of carbonyl (C=O) groups excluding carboxylic acids is 1. The zero-order chi connectivity index (χ0) is 38.6. The third kappa shape index (κ3) is 8.10. The van der Waals surface area contributed by atoms with Gasteiger partial charge in [0, 0.05) is 30.6 Å². The quantitative estimate of drug-likeness (QED) is 0.136. The van der Waals surface area contributed by atoms with Gasteiger partial charge in [-0.3, -0.25) is 14.7 Å². The molecule has 1 aliphatic heterocycles. The monoisotopic (exact) mass is 742 g/mol. The Bertz CT molecular complexity index is 2450. The maximum atomic E-state index is 12.9. The van der Waals surface area contributed by atoms with Crippen LogP contribution in [0, 0.1) is 5.92 Å². The normalized spacial score (nSPS) is 18.9. The van der Waals surface area contributed by atoms with Crippen LogP contribution >= 0.6 is 0 Å². The minimum Gasteiger partial charge on any atom is -0.392 e. The first kappa shape index (κ1) is 37.2. The van der Waals surface area contributed by atoms with Gasteiger partial charge in [-0.25, -0.2) is 4.98 Å². The number of aromatic nitrogens is 2. The average molecular weight is 743 g/mol. The van der Waals surface area contributed by atoms with E-state index in [1.807, 2.05) is 48.5 Å².